The molecule has 0 spiro atoms. The third kappa shape index (κ3) is 4.95. The second-order valence-corrected chi connectivity index (χ2v) is 6.89. The molecule has 0 aromatic heterocycles. The van der Waals surface area contributed by atoms with Crippen LogP contribution in [0.15, 0.2) is 96.1 Å². The Morgan fingerprint density at radius 3 is 2.48 bits per heavy atom. The third-order valence-electron chi connectivity index (χ3n) is 4.80. The van der Waals surface area contributed by atoms with Crippen molar-refractivity contribution in [1.82, 2.24) is 5.43 Å². The summed E-state index contributed by atoms with van der Waals surface area (Å²) in [6.45, 7) is 0.318. The fourth-order valence-electron chi connectivity index (χ4n) is 3.13. The van der Waals surface area contributed by atoms with Crippen LogP contribution in [0.25, 0.3) is 10.8 Å². The number of hydrazone groups is 1. The highest BCUT2D eigenvalue weighted by Crippen LogP contribution is 2.16. The van der Waals surface area contributed by atoms with Gasteiger partial charge in [0.2, 0.25) is 0 Å². The lowest BCUT2D eigenvalue weighted by Gasteiger charge is -2.07. The molecule has 150 valence electrons. The van der Waals surface area contributed by atoms with Crippen molar-refractivity contribution in [2.45, 2.75) is 6.61 Å². The van der Waals surface area contributed by atoms with Gasteiger partial charge in [-0.15, -0.1) is 0 Å². The molecule has 0 saturated carbocycles. The molecule has 0 radical (unpaired) electrons. The summed E-state index contributed by atoms with van der Waals surface area (Å²) in [7, 11) is 0. The van der Waals surface area contributed by atoms with Gasteiger partial charge in [-0.2, -0.15) is 10.4 Å². The molecule has 0 unspecified atom stereocenters. The summed E-state index contributed by atoms with van der Waals surface area (Å²) in [4.78, 5) is 12.3. The highest BCUT2D eigenvalue weighted by atomic mass is 16.5. The van der Waals surface area contributed by atoms with Gasteiger partial charge in [0.1, 0.15) is 12.4 Å². The number of carbonyl (C=O) groups is 1. The molecule has 0 aliphatic heterocycles. The Balaban J connectivity index is 1.34. The van der Waals surface area contributed by atoms with Gasteiger partial charge < -0.3 is 4.74 Å². The van der Waals surface area contributed by atoms with Gasteiger partial charge in [0.05, 0.1) is 17.8 Å². The summed E-state index contributed by atoms with van der Waals surface area (Å²) in [5.41, 5.74) is 5.38. The number of nitrogens with one attached hydrogen (secondary N) is 1. The maximum atomic E-state index is 12.3. The largest absolute Gasteiger partial charge is 0.489 e. The van der Waals surface area contributed by atoms with Crippen LogP contribution in [0.2, 0.25) is 0 Å². The lowest BCUT2D eigenvalue weighted by molar-refractivity contribution is 0.0955. The molecule has 4 aromatic rings. The molecular formula is C26H19N3O2. The number of hydrogen-bond acceptors (Lipinski definition) is 4. The number of amides is 1. The van der Waals surface area contributed by atoms with Crippen LogP contribution in [-0.2, 0) is 6.61 Å². The molecule has 0 bridgehead atoms. The minimum Gasteiger partial charge on any atom is -0.489 e. The van der Waals surface area contributed by atoms with Crippen molar-refractivity contribution in [2.24, 2.45) is 5.10 Å². The van der Waals surface area contributed by atoms with Crippen molar-refractivity contribution in [2.75, 3.05) is 0 Å². The lowest BCUT2D eigenvalue weighted by atomic mass is 10.1. The van der Waals surface area contributed by atoms with E-state index in [-0.39, 0.29) is 5.91 Å². The van der Waals surface area contributed by atoms with E-state index in [0.29, 0.717) is 23.5 Å². The van der Waals surface area contributed by atoms with E-state index in [1.54, 1.807) is 18.3 Å². The van der Waals surface area contributed by atoms with Gasteiger partial charge in [-0.1, -0.05) is 48.5 Å². The first-order valence-electron chi connectivity index (χ1n) is 9.76. The molecule has 31 heavy (non-hydrogen) atoms. The molecular weight excluding hydrogens is 386 g/mol. The van der Waals surface area contributed by atoms with Crippen molar-refractivity contribution in [1.29, 1.82) is 5.26 Å². The fraction of sp³-hybridized carbons (Fsp3) is 0.0385. The van der Waals surface area contributed by atoms with Gasteiger partial charge in [-0.05, 0) is 58.8 Å². The standard InChI is InChI=1S/C26H19N3O2/c27-16-23-7-3-4-8-24(23)18-31-25-13-9-19(10-14-25)17-28-29-26(30)22-12-11-20-5-1-2-6-21(20)15-22/h1-15,17H,18H2,(H,29,30)/b28-17-. The Kier molecular flexibility index (Phi) is 6.01. The van der Waals surface area contributed by atoms with Crippen LogP contribution in [0.3, 0.4) is 0 Å². The van der Waals surface area contributed by atoms with Gasteiger partial charge in [0.25, 0.3) is 5.91 Å². The van der Waals surface area contributed by atoms with Gasteiger partial charge >= 0.3 is 0 Å². The highest BCUT2D eigenvalue weighted by molar-refractivity contribution is 5.98. The first-order valence-corrected chi connectivity index (χ1v) is 9.76. The van der Waals surface area contributed by atoms with E-state index in [4.69, 9.17) is 10.00 Å². The molecule has 0 saturated heterocycles. The molecule has 0 fully saturated rings. The van der Waals surface area contributed by atoms with Crippen LogP contribution < -0.4 is 10.2 Å². The van der Waals surface area contributed by atoms with Crippen molar-refractivity contribution < 1.29 is 9.53 Å². The maximum absolute atomic E-state index is 12.3. The zero-order valence-corrected chi connectivity index (χ0v) is 16.7. The number of benzene rings is 4. The van der Waals surface area contributed by atoms with E-state index in [2.05, 4.69) is 16.6 Å². The van der Waals surface area contributed by atoms with Crippen LogP contribution >= 0.6 is 0 Å². The molecule has 1 N–H and O–H groups in total. The molecule has 4 aromatic carbocycles. The minimum atomic E-state index is -0.266. The summed E-state index contributed by atoms with van der Waals surface area (Å²) in [5.74, 6) is 0.420. The molecule has 5 heteroatoms. The van der Waals surface area contributed by atoms with Crippen LogP contribution in [0, 0.1) is 11.3 Å². The number of hydrogen-bond donors (Lipinski definition) is 1. The van der Waals surface area contributed by atoms with Crippen molar-refractivity contribution in [3.8, 4) is 11.8 Å². The van der Waals surface area contributed by atoms with Crippen LogP contribution in [-0.4, -0.2) is 12.1 Å². The van der Waals surface area contributed by atoms with Crippen LogP contribution in [0.1, 0.15) is 27.0 Å². The third-order valence-corrected chi connectivity index (χ3v) is 4.80. The number of fused-ring (bicyclic) bond motifs is 1. The Morgan fingerprint density at radius 2 is 1.68 bits per heavy atom. The summed E-state index contributed by atoms with van der Waals surface area (Å²) >= 11 is 0. The fourth-order valence-corrected chi connectivity index (χ4v) is 3.13. The minimum absolute atomic E-state index is 0.266. The zero-order chi connectivity index (χ0) is 21.5. The highest BCUT2D eigenvalue weighted by Gasteiger charge is 2.05. The first kappa shape index (κ1) is 19.9. The van der Waals surface area contributed by atoms with Crippen molar-refractivity contribution in [3.05, 3.63) is 113 Å². The molecule has 0 heterocycles. The van der Waals surface area contributed by atoms with E-state index < -0.39 is 0 Å². The first-order chi connectivity index (χ1) is 15.2. The quantitative estimate of drug-likeness (QED) is 0.360. The van der Waals surface area contributed by atoms with Gasteiger partial charge in [0.15, 0.2) is 0 Å². The van der Waals surface area contributed by atoms with Crippen molar-refractivity contribution >= 4 is 22.9 Å². The Labute approximate surface area is 180 Å². The number of carbonyl (C=O) groups excluding carboxylic acids is 1. The number of nitrogens with zero attached hydrogens (tertiary/aromatic N) is 2. The van der Waals surface area contributed by atoms with Gasteiger partial charge in [-0.25, -0.2) is 5.43 Å². The van der Waals surface area contributed by atoms with Gasteiger partial charge in [-0.3, -0.25) is 4.79 Å². The summed E-state index contributed by atoms with van der Waals surface area (Å²) in [6, 6.07) is 30.3. The Hall–Kier alpha value is -4.43. The average Bonchev–Trinajstić information content (AvgIpc) is 2.83. The molecule has 5 nitrogen and oxygen atoms in total. The summed E-state index contributed by atoms with van der Waals surface area (Å²) < 4.78 is 5.76. The molecule has 0 atom stereocenters. The summed E-state index contributed by atoms with van der Waals surface area (Å²) in [6.07, 6.45) is 1.58. The average molecular weight is 405 g/mol. The molecule has 1 amide bonds. The number of rotatable bonds is 6. The predicted octanol–water partition coefficient (Wildman–Crippen LogP) is 5.05. The summed E-state index contributed by atoms with van der Waals surface area (Å²) in [5, 5.41) is 15.3. The monoisotopic (exact) mass is 405 g/mol. The SMILES string of the molecule is N#Cc1ccccc1COc1ccc(/C=N\NC(=O)c2ccc3ccccc3c2)cc1. The van der Waals surface area contributed by atoms with E-state index >= 15 is 0 Å². The zero-order valence-electron chi connectivity index (χ0n) is 16.7. The smallest absolute Gasteiger partial charge is 0.271 e. The topological polar surface area (TPSA) is 74.5 Å². The Morgan fingerprint density at radius 1 is 0.935 bits per heavy atom. The predicted molar refractivity (Wildman–Crippen MR) is 121 cm³/mol. The van der Waals surface area contributed by atoms with Crippen molar-refractivity contribution in [3.63, 3.8) is 0 Å². The molecule has 0 aliphatic carbocycles. The Bertz CT molecular complexity index is 1290. The van der Waals surface area contributed by atoms with E-state index in [1.165, 1.54) is 0 Å². The maximum Gasteiger partial charge on any atom is 0.271 e. The normalized spacial score (nSPS) is 10.7. The molecule has 0 aliphatic rings. The second-order valence-electron chi connectivity index (χ2n) is 6.89. The molecule has 4 rings (SSSR count). The van der Waals surface area contributed by atoms with Crippen LogP contribution in [0.4, 0.5) is 0 Å². The van der Waals surface area contributed by atoms with E-state index in [9.17, 15) is 4.79 Å². The van der Waals surface area contributed by atoms with E-state index in [0.717, 1.165) is 21.9 Å². The van der Waals surface area contributed by atoms with E-state index in [1.807, 2.05) is 78.9 Å². The number of ether oxygens (including phenoxy) is 1. The lowest BCUT2D eigenvalue weighted by Crippen LogP contribution is -2.17. The van der Waals surface area contributed by atoms with Crippen LogP contribution in [0.5, 0.6) is 5.75 Å². The second kappa shape index (κ2) is 9.38. The number of nitriles is 1. The van der Waals surface area contributed by atoms with Gasteiger partial charge in [0, 0.05) is 11.1 Å².